The van der Waals surface area contributed by atoms with Crippen LogP contribution in [0.15, 0.2) is 28.7 Å². The van der Waals surface area contributed by atoms with Gasteiger partial charge in [-0.15, -0.1) is 0 Å². The van der Waals surface area contributed by atoms with E-state index in [4.69, 9.17) is 9.15 Å². The van der Waals surface area contributed by atoms with Crippen molar-refractivity contribution in [3.63, 3.8) is 0 Å². The Kier molecular flexibility index (Phi) is 5.97. The number of aromatic nitrogens is 1. The Morgan fingerprint density at radius 2 is 1.91 bits per heavy atom. The van der Waals surface area contributed by atoms with Crippen LogP contribution < -0.4 is 4.74 Å². The third-order valence-corrected chi connectivity index (χ3v) is 3.73. The molecule has 0 radical (unpaired) electrons. The molecule has 0 saturated carbocycles. The lowest BCUT2D eigenvalue weighted by atomic mass is 10.0. The molecule has 2 aromatic rings. The zero-order chi connectivity index (χ0) is 16.8. The normalized spacial score (nSPS) is 11.0. The van der Waals surface area contributed by atoms with E-state index < -0.39 is 0 Å². The van der Waals surface area contributed by atoms with Crippen LogP contribution in [0.5, 0.6) is 5.75 Å². The molecular weight excluding hydrogens is 290 g/mol. The number of hydrogen-bond acceptors (Lipinski definition) is 4. The number of nitrogens with zero attached hydrogens (tertiary/aromatic N) is 1. The van der Waals surface area contributed by atoms with E-state index in [9.17, 15) is 4.79 Å². The Morgan fingerprint density at radius 3 is 2.48 bits per heavy atom. The summed E-state index contributed by atoms with van der Waals surface area (Å²) in [6, 6.07) is 7.38. The first kappa shape index (κ1) is 17.3. The molecule has 0 atom stereocenters. The molecule has 124 valence electrons. The molecule has 1 heterocycles. The van der Waals surface area contributed by atoms with Gasteiger partial charge in [0.2, 0.25) is 0 Å². The second-order valence-corrected chi connectivity index (χ2v) is 6.21. The maximum absolute atomic E-state index is 12.0. The lowest BCUT2D eigenvalue weighted by Gasteiger charge is -2.07. The third-order valence-electron chi connectivity index (χ3n) is 3.73. The summed E-state index contributed by atoms with van der Waals surface area (Å²) >= 11 is 0. The summed E-state index contributed by atoms with van der Waals surface area (Å²) in [5, 5.41) is 0. The number of ketones is 1. The minimum atomic E-state index is 0.193. The van der Waals surface area contributed by atoms with Crippen LogP contribution in [0, 0.1) is 19.8 Å². The first-order valence-electron chi connectivity index (χ1n) is 8.14. The summed E-state index contributed by atoms with van der Waals surface area (Å²) in [7, 11) is 0. The van der Waals surface area contributed by atoms with Crippen molar-refractivity contribution in [2.45, 2.75) is 47.0 Å². The highest BCUT2D eigenvalue weighted by Crippen LogP contribution is 2.16. The summed E-state index contributed by atoms with van der Waals surface area (Å²) < 4.78 is 11.1. The van der Waals surface area contributed by atoms with Crippen LogP contribution in [0.3, 0.4) is 0 Å². The van der Waals surface area contributed by atoms with E-state index in [1.165, 1.54) is 0 Å². The first-order chi connectivity index (χ1) is 11.0. The zero-order valence-corrected chi connectivity index (χ0v) is 14.4. The highest BCUT2D eigenvalue weighted by molar-refractivity contribution is 5.96. The highest BCUT2D eigenvalue weighted by atomic mass is 16.5. The molecule has 4 heteroatoms. The molecule has 0 unspecified atom stereocenters. The van der Waals surface area contributed by atoms with Crippen LogP contribution in [-0.4, -0.2) is 17.4 Å². The van der Waals surface area contributed by atoms with Gasteiger partial charge in [-0.05, 0) is 43.5 Å². The second kappa shape index (κ2) is 7.95. The quantitative estimate of drug-likeness (QED) is 0.671. The van der Waals surface area contributed by atoms with Gasteiger partial charge in [-0.1, -0.05) is 13.8 Å². The standard InChI is InChI=1S/C19H25NO3/c1-13(2)5-10-19(21)16-6-8-17(9-7-16)22-12-11-18-14(3)23-15(4)20-18/h6-9,13H,5,10-12H2,1-4H3. The van der Waals surface area contributed by atoms with Gasteiger partial charge in [0.25, 0.3) is 0 Å². The average Bonchev–Trinajstić information content (AvgIpc) is 2.83. The van der Waals surface area contributed by atoms with Gasteiger partial charge in [-0.3, -0.25) is 4.79 Å². The monoisotopic (exact) mass is 315 g/mol. The molecule has 1 aromatic heterocycles. The van der Waals surface area contributed by atoms with E-state index in [2.05, 4.69) is 18.8 Å². The van der Waals surface area contributed by atoms with E-state index in [1.54, 1.807) is 0 Å². The van der Waals surface area contributed by atoms with Crippen LogP contribution in [0.1, 0.15) is 54.4 Å². The van der Waals surface area contributed by atoms with E-state index >= 15 is 0 Å². The summed E-state index contributed by atoms with van der Waals surface area (Å²) in [5.74, 6) is 3.03. The molecule has 0 bridgehead atoms. The smallest absolute Gasteiger partial charge is 0.191 e. The fourth-order valence-electron chi connectivity index (χ4n) is 2.37. The van der Waals surface area contributed by atoms with Crippen molar-refractivity contribution in [1.29, 1.82) is 0 Å². The average molecular weight is 315 g/mol. The number of Topliss-reactive ketones (excluding diaryl/α,β-unsaturated/α-hetero) is 1. The molecule has 1 aromatic carbocycles. The molecule has 0 aliphatic rings. The Hall–Kier alpha value is -2.10. The van der Waals surface area contributed by atoms with Crippen molar-refractivity contribution in [3.8, 4) is 5.75 Å². The minimum absolute atomic E-state index is 0.193. The molecular formula is C19H25NO3. The zero-order valence-electron chi connectivity index (χ0n) is 14.4. The van der Waals surface area contributed by atoms with Gasteiger partial charge in [0.1, 0.15) is 11.5 Å². The van der Waals surface area contributed by atoms with Crippen LogP contribution in [0.2, 0.25) is 0 Å². The fourth-order valence-corrected chi connectivity index (χ4v) is 2.37. The number of carbonyl (C=O) groups excluding carboxylic acids is 1. The molecule has 0 N–H and O–H groups in total. The van der Waals surface area contributed by atoms with Gasteiger partial charge in [-0.2, -0.15) is 0 Å². The summed E-state index contributed by atoms with van der Waals surface area (Å²) in [4.78, 5) is 16.4. The third kappa shape index (κ3) is 5.23. The van der Waals surface area contributed by atoms with Gasteiger partial charge in [0.15, 0.2) is 11.7 Å². The van der Waals surface area contributed by atoms with Crippen LogP contribution >= 0.6 is 0 Å². The predicted octanol–water partition coefficient (Wildman–Crippen LogP) is 4.53. The summed E-state index contributed by atoms with van der Waals surface area (Å²) in [6.07, 6.45) is 2.23. The highest BCUT2D eigenvalue weighted by Gasteiger charge is 2.08. The summed E-state index contributed by atoms with van der Waals surface area (Å²) in [6.45, 7) is 8.54. The van der Waals surface area contributed by atoms with E-state index in [0.717, 1.165) is 29.2 Å². The van der Waals surface area contributed by atoms with Gasteiger partial charge in [0.05, 0.1) is 12.3 Å². The molecule has 2 rings (SSSR count). The van der Waals surface area contributed by atoms with Crippen molar-refractivity contribution >= 4 is 5.78 Å². The molecule has 23 heavy (non-hydrogen) atoms. The molecule has 4 nitrogen and oxygen atoms in total. The van der Waals surface area contributed by atoms with E-state index in [0.29, 0.717) is 31.3 Å². The number of carbonyl (C=O) groups is 1. The molecule has 0 aliphatic carbocycles. The van der Waals surface area contributed by atoms with Gasteiger partial charge < -0.3 is 9.15 Å². The topological polar surface area (TPSA) is 52.3 Å². The van der Waals surface area contributed by atoms with Gasteiger partial charge in [-0.25, -0.2) is 4.98 Å². The maximum Gasteiger partial charge on any atom is 0.191 e. The lowest BCUT2D eigenvalue weighted by Crippen LogP contribution is -2.04. The number of oxazole rings is 1. The second-order valence-electron chi connectivity index (χ2n) is 6.21. The molecule has 0 spiro atoms. The van der Waals surface area contributed by atoms with Gasteiger partial charge in [0, 0.05) is 25.3 Å². The minimum Gasteiger partial charge on any atom is -0.493 e. The van der Waals surface area contributed by atoms with Crippen molar-refractivity contribution in [3.05, 3.63) is 47.2 Å². The molecule has 0 amide bonds. The van der Waals surface area contributed by atoms with E-state index in [-0.39, 0.29) is 5.78 Å². The largest absolute Gasteiger partial charge is 0.493 e. The number of ether oxygens (including phenoxy) is 1. The number of aryl methyl sites for hydroxylation is 2. The maximum atomic E-state index is 12.0. The van der Waals surface area contributed by atoms with Crippen molar-refractivity contribution in [2.75, 3.05) is 6.61 Å². The first-order valence-corrected chi connectivity index (χ1v) is 8.14. The van der Waals surface area contributed by atoms with Crippen molar-refractivity contribution in [1.82, 2.24) is 4.98 Å². The van der Waals surface area contributed by atoms with Crippen LogP contribution in [-0.2, 0) is 6.42 Å². The van der Waals surface area contributed by atoms with E-state index in [1.807, 2.05) is 38.1 Å². The molecule has 0 fully saturated rings. The van der Waals surface area contributed by atoms with Crippen LogP contribution in [0.25, 0.3) is 0 Å². The lowest BCUT2D eigenvalue weighted by molar-refractivity contribution is 0.0975. The Balaban J connectivity index is 1.83. The van der Waals surface area contributed by atoms with Crippen molar-refractivity contribution in [2.24, 2.45) is 5.92 Å². The van der Waals surface area contributed by atoms with Gasteiger partial charge >= 0.3 is 0 Å². The predicted molar refractivity (Wildman–Crippen MR) is 90.0 cm³/mol. The number of rotatable bonds is 8. The number of hydrogen-bond donors (Lipinski definition) is 0. The fraction of sp³-hybridized carbons (Fsp3) is 0.474. The Morgan fingerprint density at radius 1 is 1.22 bits per heavy atom. The SMILES string of the molecule is Cc1nc(CCOc2ccc(C(=O)CCC(C)C)cc2)c(C)o1. The molecule has 0 aliphatic heterocycles. The molecule has 0 saturated heterocycles. The Bertz CT molecular complexity index is 641. The van der Waals surface area contributed by atoms with Crippen molar-refractivity contribution < 1.29 is 13.9 Å². The van der Waals surface area contributed by atoms with Crippen LogP contribution in [0.4, 0.5) is 0 Å². The number of benzene rings is 1. The summed E-state index contributed by atoms with van der Waals surface area (Å²) in [5.41, 5.74) is 1.68. The Labute approximate surface area is 137 Å².